The van der Waals surface area contributed by atoms with E-state index in [4.69, 9.17) is 5.11 Å². The highest BCUT2D eigenvalue weighted by atomic mass is 16.6. The summed E-state index contributed by atoms with van der Waals surface area (Å²) >= 11 is 0. The fraction of sp³-hybridized carbons (Fsp3) is 0.714. The number of likely N-dealkylation sites (N-methyl/N-ethyl adjacent to an activating group) is 2. The zero-order valence-corrected chi connectivity index (χ0v) is 7.74. The van der Waals surface area contributed by atoms with Gasteiger partial charge in [0.1, 0.15) is 13.2 Å². The van der Waals surface area contributed by atoms with Crippen LogP contribution in [0.25, 0.3) is 0 Å². The summed E-state index contributed by atoms with van der Waals surface area (Å²) in [6, 6.07) is 0. The van der Waals surface area contributed by atoms with Crippen LogP contribution in [0.3, 0.4) is 0 Å². The van der Waals surface area contributed by atoms with Gasteiger partial charge in [0.05, 0.1) is 6.61 Å². The third-order valence-electron chi connectivity index (χ3n) is 1.29. The molecule has 0 aliphatic rings. The van der Waals surface area contributed by atoms with E-state index in [1.807, 2.05) is 0 Å². The monoisotopic (exact) mass is 190 g/mol. The van der Waals surface area contributed by atoms with Crippen molar-refractivity contribution in [3.8, 4) is 0 Å². The minimum atomic E-state index is -0.627. The Morgan fingerprint density at radius 3 is 2.62 bits per heavy atom. The summed E-state index contributed by atoms with van der Waals surface area (Å²) in [4.78, 5) is 22.9. The molecule has 0 unspecified atom stereocenters. The van der Waals surface area contributed by atoms with E-state index in [9.17, 15) is 9.59 Å². The van der Waals surface area contributed by atoms with Crippen LogP contribution in [0.5, 0.6) is 0 Å². The van der Waals surface area contributed by atoms with Gasteiger partial charge < -0.3 is 20.1 Å². The molecule has 0 saturated heterocycles. The van der Waals surface area contributed by atoms with Gasteiger partial charge in [-0.25, -0.2) is 4.79 Å². The third kappa shape index (κ3) is 5.02. The average molecular weight is 190 g/mol. The number of nitrogens with one attached hydrogen (secondary N) is 1. The Hall–Kier alpha value is -1.30. The first-order valence-corrected chi connectivity index (χ1v) is 3.81. The lowest BCUT2D eigenvalue weighted by molar-refractivity contribution is -0.121. The second kappa shape index (κ2) is 6.24. The number of aliphatic hydroxyl groups is 1. The molecule has 76 valence electrons. The second-order valence-electron chi connectivity index (χ2n) is 2.37. The molecular formula is C7H14N2O4. The van der Waals surface area contributed by atoms with Crippen LogP contribution >= 0.6 is 0 Å². The van der Waals surface area contributed by atoms with Crippen LogP contribution < -0.4 is 5.32 Å². The summed E-state index contributed by atoms with van der Waals surface area (Å²) < 4.78 is 4.56. The normalized spacial score (nSPS) is 9.15. The van der Waals surface area contributed by atoms with Crippen molar-refractivity contribution in [2.45, 2.75) is 0 Å². The Balaban J connectivity index is 3.75. The van der Waals surface area contributed by atoms with Gasteiger partial charge in [0.25, 0.3) is 0 Å². The first kappa shape index (κ1) is 11.7. The molecule has 0 aliphatic carbocycles. The lowest BCUT2D eigenvalue weighted by Gasteiger charge is -2.15. The zero-order valence-electron chi connectivity index (χ0n) is 7.74. The van der Waals surface area contributed by atoms with Gasteiger partial charge in [0.2, 0.25) is 5.91 Å². The van der Waals surface area contributed by atoms with E-state index in [0.29, 0.717) is 0 Å². The second-order valence-corrected chi connectivity index (χ2v) is 2.37. The fourth-order valence-electron chi connectivity index (χ4n) is 0.602. The third-order valence-corrected chi connectivity index (χ3v) is 1.29. The van der Waals surface area contributed by atoms with Gasteiger partial charge in [-0.3, -0.25) is 4.79 Å². The lowest BCUT2D eigenvalue weighted by Crippen LogP contribution is -2.37. The van der Waals surface area contributed by atoms with Gasteiger partial charge in [-0.05, 0) is 0 Å². The summed E-state index contributed by atoms with van der Waals surface area (Å²) in [6.45, 7) is -0.336. The van der Waals surface area contributed by atoms with E-state index >= 15 is 0 Å². The van der Waals surface area contributed by atoms with Crippen molar-refractivity contribution in [1.29, 1.82) is 0 Å². The summed E-state index contributed by atoms with van der Waals surface area (Å²) in [5.41, 5.74) is 0. The molecule has 0 aliphatic heterocycles. The number of hydrogen-bond donors (Lipinski definition) is 2. The van der Waals surface area contributed by atoms with Crippen LogP contribution in [0.4, 0.5) is 4.79 Å². The number of carbonyl (C=O) groups is 2. The zero-order chi connectivity index (χ0) is 10.3. The van der Waals surface area contributed by atoms with Crippen LogP contribution in [-0.2, 0) is 9.53 Å². The maximum Gasteiger partial charge on any atom is 0.410 e. The molecule has 6 heteroatoms. The molecule has 0 saturated carbocycles. The Bertz CT molecular complexity index is 183. The largest absolute Gasteiger partial charge is 0.447 e. The smallest absolute Gasteiger partial charge is 0.410 e. The molecule has 0 aromatic rings. The van der Waals surface area contributed by atoms with Gasteiger partial charge in [0.15, 0.2) is 0 Å². The van der Waals surface area contributed by atoms with Gasteiger partial charge in [-0.1, -0.05) is 0 Å². The van der Waals surface area contributed by atoms with Crippen molar-refractivity contribution >= 4 is 12.0 Å². The summed E-state index contributed by atoms with van der Waals surface area (Å²) in [6.07, 6.45) is -0.627. The average Bonchev–Trinajstić information content (AvgIpc) is 2.13. The number of rotatable bonds is 4. The molecule has 13 heavy (non-hydrogen) atoms. The molecule has 0 spiro atoms. The number of aliphatic hydroxyl groups excluding tert-OH is 1. The minimum absolute atomic E-state index is 0.0548. The molecule has 6 nitrogen and oxygen atoms in total. The van der Waals surface area contributed by atoms with Crippen molar-refractivity contribution in [1.82, 2.24) is 10.2 Å². The highest BCUT2D eigenvalue weighted by Crippen LogP contribution is 1.88. The molecule has 0 bridgehead atoms. The highest BCUT2D eigenvalue weighted by molar-refractivity contribution is 5.81. The number of carbonyl (C=O) groups excluding carboxylic acids is 2. The first-order chi connectivity index (χ1) is 6.11. The Morgan fingerprint density at radius 1 is 1.54 bits per heavy atom. The van der Waals surface area contributed by atoms with Crippen molar-refractivity contribution < 1.29 is 19.4 Å². The molecule has 0 rings (SSSR count). The molecule has 0 aromatic carbocycles. The van der Waals surface area contributed by atoms with Gasteiger partial charge in [-0.2, -0.15) is 0 Å². The molecular weight excluding hydrogens is 176 g/mol. The lowest BCUT2D eigenvalue weighted by atomic mass is 10.5. The van der Waals surface area contributed by atoms with E-state index in [1.54, 1.807) is 0 Å². The van der Waals surface area contributed by atoms with Crippen LogP contribution in [0.1, 0.15) is 0 Å². The summed E-state index contributed by atoms with van der Waals surface area (Å²) in [7, 11) is 2.92. The molecule has 0 aromatic heterocycles. The number of ether oxygens (including phenoxy) is 1. The summed E-state index contributed by atoms with van der Waals surface area (Å²) in [5.74, 6) is -0.275. The molecule has 0 radical (unpaired) electrons. The number of hydrogen-bond acceptors (Lipinski definition) is 4. The van der Waals surface area contributed by atoms with Crippen LogP contribution in [0.15, 0.2) is 0 Å². The van der Waals surface area contributed by atoms with E-state index in [1.165, 1.54) is 14.1 Å². The van der Waals surface area contributed by atoms with Gasteiger partial charge >= 0.3 is 6.09 Å². The van der Waals surface area contributed by atoms with Crippen LogP contribution in [-0.4, -0.2) is 55.9 Å². The van der Waals surface area contributed by atoms with Crippen molar-refractivity contribution in [2.24, 2.45) is 0 Å². The topological polar surface area (TPSA) is 78.9 Å². The van der Waals surface area contributed by atoms with E-state index in [2.05, 4.69) is 10.1 Å². The standard InChI is InChI=1S/C7H14N2O4/c1-8-6(11)5-9(2)7(12)13-4-3-10/h10H,3-5H2,1-2H3,(H,8,11). The maximum atomic E-state index is 11.0. The van der Waals surface area contributed by atoms with Crippen molar-refractivity contribution in [2.75, 3.05) is 33.9 Å². The Morgan fingerprint density at radius 2 is 2.15 bits per heavy atom. The number of nitrogens with zero attached hydrogens (tertiary/aromatic N) is 1. The SMILES string of the molecule is CNC(=O)CN(C)C(=O)OCCO. The van der Waals surface area contributed by atoms with E-state index < -0.39 is 6.09 Å². The van der Waals surface area contributed by atoms with Gasteiger partial charge in [-0.15, -0.1) is 0 Å². The molecule has 2 amide bonds. The predicted molar refractivity (Wildman–Crippen MR) is 45.1 cm³/mol. The van der Waals surface area contributed by atoms with Gasteiger partial charge in [0, 0.05) is 14.1 Å². The molecule has 0 atom stereocenters. The maximum absolute atomic E-state index is 11.0. The van der Waals surface area contributed by atoms with Crippen molar-refractivity contribution in [3.05, 3.63) is 0 Å². The van der Waals surface area contributed by atoms with Crippen LogP contribution in [0.2, 0.25) is 0 Å². The molecule has 2 N–H and O–H groups in total. The Kier molecular flexibility index (Phi) is 5.62. The van der Waals surface area contributed by atoms with E-state index in [0.717, 1.165) is 4.90 Å². The summed E-state index contributed by atoms with van der Waals surface area (Å²) in [5, 5.41) is 10.7. The van der Waals surface area contributed by atoms with E-state index in [-0.39, 0.29) is 25.7 Å². The predicted octanol–water partition coefficient (Wildman–Crippen LogP) is -1.21. The highest BCUT2D eigenvalue weighted by Gasteiger charge is 2.12. The molecule has 0 fully saturated rings. The van der Waals surface area contributed by atoms with Crippen LogP contribution in [0, 0.1) is 0 Å². The fourth-order valence-corrected chi connectivity index (χ4v) is 0.602. The quantitative estimate of drug-likeness (QED) is 0.583. The minimum Gasteiger partial charge on any atom is -0.447 e. The van der Waals surface area contributed by atoms with Crippen molar-refractivity contribution in [3.63, 3.8) is 0 Å². The number of amides is 2. The first-order valence-electron chi connectivity index (χ1n) is 3.81. The Labute approximate surface area is 76.5 Å². The molecule has 0 heterocycles.